The molecule has 0 N–H and O–H groups in total. The molecule has 5 heteroatoms. The molecule has 0 atom stereocenters. The van der Waals surface area contributed by atoms with Crippen molar-refractivity contribution in [1.82, 2.24) is 0 Å². The van der Waals surface area contributed by atoms with E-state index in [1.807, 2.05) is 18.2 Å². The Morgan fingerprint density at radius 2 is 2.05 bits per heavy atom. The van der Waals surface area contributed by atoms with Gasteiger partial charge in [-0.25, -0.2) is 0 Å². The summed E-state index contributed by atoms with van der Waals surface area (Å²) in [4.78, 5) is 14.5. The molecule has 0 aliphatic heterocycles. The third-order valence-electron chi connectivity index (χ3n) is 3.04. The van der Waals surface area contributed by atoms with E-state index in [9.17, 15) is 4.79 Å². The maximum Gasteiger partial charge on any atom is 0.184 e. The van der Waals surface area contributed by atoms with E-state index in [0.29, 0.717) is 6.54 Å². The molecule has 0 saturated heterocycles. The second kappa shape index (κ2) is 6.87. The first-order chi connectivity index (χ1) is 9.51. The molecule has 1 aromatic carbocycles. The molecule has 106 valence electrons. The Labute approximate surface area is 140 Å². The Morgan fingerprint density at radius 3 is 2.60 bits per heavy atom. The quantitative estimate of drug-likeness (QED) is 0.617. The highest BCUT2D eigenvalue weighted by molar-refractivity contribution is 9.12. The summed E-state index contributed by atoms with van der Waals surface area (Å²) in [6.45, 7) is 5.32. The first-order valence-electron chi connectivity index (χ1n) is 6.31. The van der Waals surface area contributed by atoms with Crippen molar-refractivity contribution >= 4 is 54.7 Å². The van der Waals surface area contributed by atoms with Gasteiger partial charge in [-0.3, -0.25) is 4.79 Å². The fraction of sp³-hybridized carbons (Fsp3) is 0.267. The second-order valence-electron chi connectivity index (χ2n) is 4.51. The number of benzene rings is 1. The van der Waals surface area contributed by atoms with Crippen LogP contribution in [0.15, 0.2) is 37.9 Å². The van der Waals surface area contributed by atoms with Crippen molar-refractivity contribution in [3.63, 3.8) is 0 Å². The van der Waals surface area contributed by atoms with Crippen molar-refractivity contribution in [1.29, 1.82) is 0 Å². The Kier molecular flexibility index (Phi) is 5.41. The zero-order valence-corrected chi connectivity index (χ0v) is 15.3. The summed E-state index contributed by atoms with van der Waals surface area (Å²) >= 11 is 8.38. The summed E-state index contributed by atoms with van der Waals surface area (Å²) in [6.07, 6.45) is 0. The van der Waals surface area contributed by atoms with Crippen LogP contribution in [-0.4, -0.2) is 18.9 Å². The van der Waals surface area contributed by atoms with Gasteiger partial charge in [-0.2, -0.15) is 0 Å². The Balaban J connectivity index is 2.18. The molecule has 2 nitrogen and oxygen atoms in total. The Morgan fingerprint density at radius 1 is 1.30 bits per heavy atom. The molecule has 0 aliphatic rings. The highest BCUT2D eigenvalue weighted by atomic mass is 79.9. The molecule has 0 aliphatic carbocycles. The van der Waals surface area contributed by atoms with E-state index in [2.05, 4.69) is 62.7 Å². The predicted octanol–water partition coefficient (Wildman–Crippen LogP) is 5.29. The van der Waals surface area contributed by atoms with Gasteiger partial charge in [0, 0.05) is 17.8 Å². The Bertz CT molecular complexity index is 624. The standard InChI is InChI=1S/C15H15Br2NOS/c1-3-18(11-6-4-5-10(2)7-11)9-13(19)12-8-14(16)20-15(12)17/h4-8H,3,9H2,1-2H3. The van der Waals surface area contributed by atoms with E-state index in [0.717, 1.165) is 25.4 Å². The zero-order valence-electron chi connectivity index (χ0n) is 11.3. The van der Waals surface area contributed by atoms with Crippen molar-refractivity contribution in [2.45, 2.75) is 13.8 Å². The van der Waals surface area contributed by atoms with Gasteiger partial charge in [0.05, 0.1) is 14.1 Å². The Hall–Kier alpha value is -0.650. The number of ketones is 1. The minimum Gasteiger partial charge on any atom is -0.364 e. The van der Waals surface area contributed by atoms with Gasteiger partial charge in [-0.1, -0.05) is 12.1 Å². The number of Topliss-reactive ketones (excluding diaryl/α,β-unsaturated/α-hetero) is 1. The summed E-state index contributed by atoms with van der Waals surface area (Å²) in [6, 6.07) is 10.1. The van der Waals surface area contributed by atoms with Gasteiger partial charge in [0.2, 0.25) is 0 Å². The summed E-state index contributed by atoms with van der Waals surface area (Å²) in [5.41, 5.74) is 3.03. The van der Waals surface area contributed by atoms with Crippen molar-refractivity contribution in [3.05, 3.63) is 49.0 Å². The summed E-state index contributed by atoms with van der Waals surface area (Å²) in [5, 5.41) is 0. The van der Waals surface area contributed by atoms with E-state index < -0.39 is 0 Å². The predicted molar refractivity (Wildman–Crippen MR) is 93.1 cm³/mol. The number of halogens is 2. The van der Waals surface area contributed by atoms with Gasteiger partial charge >= 0.3 is 0 Å². The van der Waals surface area contributed by atoms with Crippen molar-refractivity contribution < 1.29 is 4.79 Å². The highest BCUT2D eigenvalue weighted by Gasteiger charge is 2.17. The lowest BCUT2D eigenvalue weighted by Crippen LogP contribution is -2.29. The smallest absolute Gasteiger partial charge is 0.184 e. The zero-order chi connectivity index (χ0) is 14.7. The fourth-order valence-electron chi connectivity index (χ4n) is 2.00. The highest BCUT2D eigenvalue weighted by Crippen LogP contribution is 2.32. The van der Waals surface area contributed by atoms with Crippen LogP contribution in [0.4, 0.5) is 5.69 Å². The van der Waals surface area contributed by atoms with Crippen LogP contribution in [-0.2, 0) is 0 Å². The summed E-state index contributed by atoms with van der Waals surface area (Å²) in [7, 11) is 0. The van der Waals surface area contributed by atoms with Crippen molar-refractivity contribution in [3.8, 4) is 0 Å². The first kappa shape index (κ1) is 15.7. The number of hydrogen-bond donors (Lipinski definition) is 0. The van der Waals surface area contributed by atoms with Crippen molar-refractivity contribution in [2.75, 3.05) is 18.0 Å². The van der Waals surface area contributed by atoms with Crippen LogP contribution in [0.5, 0.6) is 0 Å². The number of anilines is 1. The minimum absolute atomic E-state index is 0.127. The topological polar surface area (TPSA) is 20.3 Å². The lowest BCUT2D eigenvalue weighted by molar-refractivity contribution is 0.0999. The molecule has 0 amide bonds. The maximum atomic E-state index is 12.4. The number of carbonyl (C=O) groups excluding carboxylic acids is 1. The van der Waals surface area contributed by atoms with Crippen LogP contribution < -0.4 is 4.90 Å². The molecular formula is C15H15Br2NOS. The van der Waals surface area contributed by atoms with Crippen LogP contribution in [0.25, 0.3) is 0 Å². The summed E-state index contributed by atoms with van der Waals surface area (Å²) < 4.78 is 1.85. The molecule has 20 heavy (non-hydrogen) atoms. The third kappa shape index (κ3) is 3.71. The number of likely N-dealkylation sites (N-methyl/N-ethyl adjacent to an activating group) is 1. The molecule has 0 bridgehead atoms. The normalized spacial score (nSPS) is 10.6. The number of nitrogens with zero attached hydrogens (tertiary/aromatic N) is 1. The molecule has 1 heterocycles. The van der Waals surface area contributed by atoms with Gasteiger partial charge in [-0.05, 0) is 69.5 Å². The molecule has 0 fully saturated rings. The second-order valence-corrected chi connectivity index (χ2v) is 8.26. The van der Waals surface area contributed by atoms with Crippen molar-refractivity contribution in [2.24, 2.45) is 0 Å². The van der Waals surface area contributed by atoms with Gasteiger partial charge in [-0.15, -0.1) is 11.3 Å². The van der Waals surface area contributed by atoms with Crippen LogP contribution in [0.3, 0.4) is 0 Å². The molecular weight excluding hydrogens is 402 g/mol. The van der Waals surface area contributed by atoms with Gasteiger partial charge in [0.15, 0.2) is 5.78 Å². The molecule has 0 saturated carbocycles. The average molecular weight is 417 g/mol. The minimum atomic E-state index is 0.127. The number of aryl methyl sites for hydroxylation is 1. The molecule has 2 rings (SSSR count). The van der Waals surface area contributed by atoms with E-state index in [4.69, 9.17) is 0 Å². The largest absolute Gasteiger partial charge is 0.364 e. The van der Waals surface area contributed by atoms with Crippen LogP contribution in [0, 0.1) is 6.92 Å². The molecule has 2 aromatic rings. The van der Waals surface area contributed by atoms with Gasteiger partial charge in [0.1, 0.15) is 0 Å². The van der Waals surface area contributed by atoms with Crippen LogP contribution in [0.1, 0.15) is 22.8 Å². The lowest BCUT2D eigenvalue weighted by Gasteiger charge is -2.22. The van der Waals surface area contributed by atoms with E-state index in [1.54, 1.807) is 0 Å². The molecule has 0 spiro atoms. The first-order valence-corrected chi connectivity index (χ1v) is 8.71. The molecule has 0 unspecified atom stereocenters. The number of carbonyl (C=O) groups is 1. The van der Waals surface area contributed by atoms with Gasteiger partial charge < -0.3 is 4.90 Å². The summed E-state index contributed by atoms with van der Waals surface area (Å²) in [5.74, 6) is 0.127. The van der Waals surface area contributed by atoms with Gasteiger partial charge in [0.25, 0.3) is 0 Å². The number of hydrogen-bond acceptors (Lipinski definition) is 3. The molecule has 0 radical (unpaired) electrons. The number of rotatable bonds is 5. The lowest BCUT2D eigenvalue weighted by atomic mass is 10.1. The number of thiophene rings is 1. The van der Waals surface area contributed by atoms with E-state index in [1.165, 1.54) is 16.9 Å². The molecule has 1 aromatic heterocycles. The van der Waals surface area contributed by atoms with E-state index in [-0.39, 0.29) is 5.78 Å². The maximum absolute atomic E-state index is 12.4. The third-order valence-corrected chi connectivity index (χ3v) is 5.38. The SMILES string of the molecule is CCN(CC(=O)c1cc(Br)sc1Br)c1cccc(C)c1. The van der Waals surface area contributed by atoms with Crippen LogP contribution >= 0.6 is 43.2 Å². The van der Waals surface area contributed by atoms with Crippen LogP contribution in [0.2, 0.25) is 0 Å². The fourth-order valence-corrected chi connectivity index (χ4v) is 4.85. The average Bonchev–Trinajstić information content (AvgIpc) is 2.75. The van der Waals surface area contributed by atoms with E-state index >= 15 is 0 Å². The monoisotopic (exact) mass is 415 g/mol.